The monoisotopic (exact) mass is 1060 g/mol. The lowest BCUT2D eigenvalue weighted by atomic mass is 10.0. The molecule has 0 bridgehead atoms. The van der Waals surface area contributed by atoms with Gasteiger partial charge in [-0.15, -0.1) is 12.4 Å². The lowest BCUT2D eigenvalue weighted by Gasteiger charge is -2.37. The quantitative estimate of drug-likeness (QED) is 0.152. The number of aliphatic hydroxyl groups excluding tert-OH is 1. The molecule has 1 spiro atoms. The average Bonchev–Trinajstić information content (AvgIpc) is 3.74. The van der Waals surface area contributed by atoms with Gasteiger partial charge in [0.2, 0.25) is 37.8 Å². The number of nitrogens with one attached hydrogen (secondary N) is 5. The number of ketones is 2. The molecule has 3 amide bonds. The van der Waals surface area contributed by atoms with Crippen molar-refractivity contribution in [3.8, 4) is 0 Å². The smallest absolute Gasteiger partial charge is 0.261 e. The van der Waals surface area contributed by atoms with Crippen LogP contribution in [0.4, 0.5) is 17.1 Å². The Bertz CT molecular complexity index is 2470. The van der Waals surface area contributed by atoms with Crippen LogP contribution in [-0.2, 0) is 57.8 Å². The van der Waals surface area contributed by atoms with Gasteiger partial charge in [0, 0.05) is 139 Å². The second kappa shape index (κ2) is 29.0. The molecule has 4 heterocycles. The van der Waals surface area contributed by atoms with Gasteiger partial charge in [-0.2, -0.15) is 8.61 Å². The topological polar surface area (TPSA) is 310 Å². The molecule has 3 aromatic carbocycles. The minimum Gasteiger partial charge on any atom is -0.395 e. The fraction of sp³-hybridized carbons (Fsp3) is 0.465. The minimum atomic E-state index is -3.69. The molecule has 3 aromatic rings. The number of nitrogens with two attached hydrogens (primary N) is 1. The fourth-order valence-corrected chi connectivity index (χ4v) is 10.3. The number of nitrogens with zero attached hydrogens (tertiary/aromatic N) is 2. The van der Waals surface area contributed by atoms with Crippen molar-refractivity contribution in [2.45, 2.75) is 79.7 Å². The first kappa shape index (κ1) is 60.7. The van der Waals surface area contributed by atoms with Gasteiger partial charge in [-0.05, 0) is 72.8 Å². The largest absolute Gasteiger partial charge is 0.395 e. The van der Waals surface area contributed by atoms with E-state index in [9.17, 15) is 49.2 Å². The number of amides is 3. The summed E-state index contributed by atoms with van der Waals surface area (Å²) in [4.78, 5) is 54.5. The number of halogens is 2. The summed E-state index contributed by atoms with van der Waals surface area (Å²) >= 11 is 0. The highest BCUT2D eigenvalue weighted by Gasteiger charge is 2.41. The number of anilines is 3. The number of aliphatic hydroxyl groups is 1. The number of sulfonamides is 2. The van der Waals surface area contributed by atoms with Crippen molar-refractivity contribution < 1.29 is 59.1 Å². The van der Waals surface area contributed by atoms with Crippen molar-refractivity contribution >= 4 is 98.5 Å². The number of piperidine rings is 3. The van der Waals surface area contributed by atoms with Crippen LogP contribution in [0.3, 0.4) is 0 Å². The number of hydrogen-bond acceptors (Lipinski definition) is 16. The van der Waals surface area contributed by atoms with E-state index in [0.717, 1.165) is 32.5 Å². The van der Waals surface area contributed by atoms with Crippen molar-refractivity contribution in [2.75, 3.05) is 81.5 Å². The third-order valence-electron chi connectivity index (χ3n) is 10.1. The number of Topliss-reactive ketones (excluding diaryl/α,β-unsaturated/α-hetero) is 2. The van der Waals surface area contributed by atoms with E-state index in [1.165, 1.54) is 77.9 Å². The van der Waals surface area contributed by atoms with Gasteiger partial charge in [0.25, 0.3) is 9.05 Å². The minimum absolute atomic E-state index is 0. The predicted octanol–water partition coefficient (Wildman–Crippen LogP) is 2.61. The number of carbonyl (C=O) groups excluding carboxylic acids is 5. The zero-order valence-corrected chi connectivity index (χ0v) is 42.6. The molecule has 0 aromatic heterocycles. The van der Waals surface area contributed by atoms with E-state index in [2.05, 4.69) is 26.6 Å². The molecule has 0 aliphatic carbocycles. The van der Waals surface area contributed by atoms with Gasteiger partial charge in [-0.1, -0.05) is 0 Å². The normalized spacial score (nSPS) is 17.0. The lowest BCUT2D eigenvalue weighted by molar-refractivity contribution is -0.121. The van der Waals surface area contributed by atoms with Crippen LogP contribution in [-0.4, -0.2) is 140 Å². The van der Waals surface area contributed by atoms with Crippen molar-refractivity contribution in [3.63, 3.8) is 0 Å². The zero-order chi connectivity index (χ0) is 50.5. The first-order valence-corrected chi connectivity index (χ1v) is 26.7. The molecule has 4 aliphatic rings. The highest BCUT2D eigenvalue weighted by atomic mass is 35.7. The molecule has 69 heavy (non-hydrogen) atoms. The summed E-state index contributed by atoms with van der Waals surface area (Å²) < 4.78 is 80.3. The maximum Gasteiger partial charge on any atom is 0.261 e. The Balaban J connectivity index is 0.000000323. The van der Waals surface area contributed by atoms with Crippen molar-refractivity contribution in [3.05, 3.63) is 72.8 Å². The Morgan fingerprint density at radius 1 is 0.638 bits per heavy atom. The van der Waals surface area contributed by atoms with Gasteiger partial charge in [0.15, 0.2) is 0 Å². The summed E-state index contributed by atoms with van der Waals surface area (Å²) in [5, 5.41) is 21.9. The van der Waals surface area contributed by atoms with Crippen LogP contribution < -0.4 is 32.3 Å². The van der Waals surface area contributed by atoms with Gasteiger partial charge >= 0.3 is 0 Å². The number of benzene rings is 3. The van der Waals surface area contributed by atoms with Crippen LogP contribution in [0, 0.1) is 0 Å². The summed E-state index contributed by atoms with van der Waals surface area (Å²) in [6, 6.07) is 17.8. The van der Waals surface area contributed by atoms with Gasteiger partial charge in [-0.3, -0.25) is 29.3 Å². The summed E-state index contributed by atoms with van der Waals surface area (Å²) in [5.41, 5.74) is 6.09. The summed E-state index contributed by atoms with van der Waals surface area (Å²) in [5.74, 6) is -0.121. The summed E-state index contributed by atoms with van der Waals surface area (Å²) in [6.07, 6.45) is 3.30. The molecule has 26 heteroatoms. The van der Waals surface area contributed by atoms with Crippen molar-refractivity contribution in [2.24, 2.45) is 5.73 Å². The Labute approximate surface area is 414 Å². The van der Waals surface area contributed by atoms with Crippen molar-refractivity contribution in [1.82, 2.24) is 19.2 Å². The van der Waals surface area contributed by atoms with Crippen LogP contribution in [0.5, 0.6) is 0 Å². The highest BCUT2D eigenvalue weighted by molar-refractivity contribution is 8.13. The van der Waals surface area contributed by atoms with E-state index >= 15 is 0 Å². The van der Waals surface area contributed by atoms with E-state index in [0.29, 0.717) is 61.9 Å². The van der Waals surface area contributed by atoms with E-state index in [-0.39, 0.29) is 88.9 Å². The molecule has 4 aliphatic heterocycles. The first-order chi connectivity index (χ1) is 32.0. The van der Waals surface area contributed by atoms with Gasteiger partial charge in [0.05, 0.1) is 27.9 Å². The zero-order valence-electron chi connectivity index (χ0n) is 38.6. The van der Waals surface area contributed by atoms with Crippen LogP contribution in [0.2, 0.25) is 0 Å². The SMILES string of the molecule is CC(=O)Nc1ccc(S(=O)(=O)Cl)cc1.CC(=O)Nc1ccc(S(=O)(=O)N2CCC(=O)CC2)cc1.CC(=O)Nc1ccc(S(=O)(=O)N2CCC3(CC2)NCCO3)cc1.Cl.NCCO.O=C1CCNCC1. The summed E-state index contributed by atoms with van der Waals surface area (Å²) in [6.45, 7) is 9.23. The fourth-order valence-electron chi connectivity index (χ4n) is 6.70. The Morgan fingerprint density at radius 2 is 0.986 bits per heavy atom. The molecule has 384 valence electrons. The maximum absolute atomic E-state index is 12.7. The molecular weight excluding hydrogens is 1000 g/mol. The standard InChI is InChI=1S/C15H21N3O4S.C13H16N2O4S.C8H8ClNO3S.C5H9NO.C2H7NO.ClH/c1-12(19)17-13-2-4-14(5-3-13)23(20,21)18-9-6-15(7-10-18)16-8-11-22-15;1-10(16)14-11-2-4-13(5-3-11)20(18,19)15-8-6-12(17)7-9-15;1-6(11)10-7-2-4-8(5-3-7)14(9,12)13;7-5-1-3-6-4-2-5;3-1-2-4;/h2-5,16H,6-11H2,1H3,(H,17,19);2-5H,6-9H2,1H3,(H,14,16);2-5H,1H3,(H,10,11);6H,1-4H2;4H,1-3H2;1H. The van der Waals surface area contributed by atoms with Gasteiger partial charge in [-0.25, -0.2) is 25.3 Å². The average molecular weight is 1070 g/mol. The van der Waals surface area contributed by atoms with Crippen LogP contribution in [0.25, 0.3) is 0 Å². The number of ether oxygens (including phenoxy) is 1. The molecule has 7 rings (SSSR count). The second-order valence-electron chi connectivity index (χ2n) is 15.5. The molecular formula is C43H62Cl2N8O13S3. The van der Waals surface area contributed by atoms with E-state index in [1.54, 1.807) is 24.3 Å². The highest BCUT2D eigenvalue weighted by Crippen LogP contribution is 2.30. The van der Waals surface area contributed by atoms with E-state index < -0.39 is 29.1 Å². The lowest BCUT2D eigenvalue weighted by Crippen LogP contribution is -2.52. The predicted molar refractivity (Wildman–Crippen MR) is 263 cm³/mol. The first-order valence-electron chi connectivity index (χ1n) is 21.5. The molecule has 4 saturated heterocycles. The number of rotatable bonds is 9. The Morgan fingerprint density at radius 3 is 1.28 bits per heavy atom. The molecule has 0 saturated carbocycles. The maximum atomic E-state index is 12.7. The molecule has 8 N–H and O–H groups in total. The van der Waals surface area contributed by atoms with E-state index in [1.807, 2.05) is 0 Å². The van der Waals surface area contributed by atoms with Crippen LogP contribution in [0.15, 0.2) is 87.5 Å². The van der Waals surface area contributed by atoms with Gasteiger partial charge < -0.3 is 36.8 Å². The number of carbonyl (C=O) groups is 5. The second-order valence-corrected chi connectivity index (χ2v) is 21.9. The molecule has 0 radical (unpaired) electrons. The van der Waals surface area contributed by atoms with Crippen LogP contribution in [0.1, 0.15) is 59.3 Å². The van der Waals surface area contributed by atoms with E-state index in [4.69, 9.17) is 26.3 Å². The van der Waals surface area contributed by atoms with Crippen LogP contribution >= 0.6 is 23.1 Å². The third kappa shape index (κ3) is 20.8. The molecule has 0 atom stereocenters. The third-order valence-corrected chi connectivity index (χ3v) is 15.3. The molecule has 4 fully saturated rings. The summed E-state index contributed by atoms with van der Waals surface area (Å²) in [7, 11) is -5.67. The Hall–Kier alpha value is -4.44. The Kier molecular flexibility index (Phi) is 25.5. The van der Waals surface area contributed by atoms with Gasteiger partial charge in [0.1, 0.15) is 17.3 Å². The van der Waals surface area contributed by atoms with Crippen molar-refractivity contribution in [1.29, 1.82) is 0 Å². The molecule has 0 unspecified atom stereocenters. The molecule has 21 nitrogen and oxygen atoms in total. The number of hydrogen-bond donors (Lipinski definition) is 7.